The highest BCUT2D eigenvalue weighted by molar-refractivity contribution is 9.10. The molecule has 0 spiro atoms. The largest absolute Gasteiger partial charge is 0.369 e. The molecule has 0 saturated carbocycles. The standard InChI is InChI=1S/C17H25BrN2O3/c1-11(2)7-8-23-13(4)17(22)19-10-16(21)20-14-5-6-15(18)12(3)9-14/h5-6,9,11,13H,7-8,10H2,1-4H3,(H,19,22)(H,20,21). The molecule has 0 aliphatic heterocycles. The molecule has 0 radical (unpaired) electrons. The number of amides is 2. The van der Waals surface area contributed by atoms with E-state index in [0.717, 1.165) is 16.5 Å². The number of carbonyl (C=O) groups is 2. The maximum absolute atomic E-state index is 11.9. The molecule has 1 rings (SSSR count). The zero-order valence-electron chi connectivity index (χ0n) is 14.1. The lowest BCUT2D eigenvalue weighted by Crippen LogP contribution is -2.39. The predicted molar refractivity (Wildman–Crippen MR) is 95.4 cm³/mol. The van der Waals surface area contributed by atoms with Gasteiger partial charge in [-0.05, 0) is 49.9 Å². The molecule has 23 heavy (non-hydrogen) atoms. The number of nitrogens with one attached hydrogen (secondary N) is 2. The summed E-state index contributed by atoms with van der Waals surface area (Å²) < 4.78 is 6.43. The number of benzene rings is 1. The second-order valence-electron chi connectivity index (χ2n) is 5.93. The SMILES string of the molecule is Cc1cc(NC(=O)CNC(=O)C(C)OCCC(C)C)ccc1Br. The molecule has 0 fully saturated rings. The summed E-state index contributed by atoms with van der Waals surface area (Å²) >= 11 is 3.41. The van der Waals surface area contributed by atoms with Crippen LogP contribution >= 0.6 is 15.9 Å². The van der Waals surface area contributed by atoms with Crippen LogP contribution in [0.15, 0.2) is 22.7 Å². The molecule has 1 aromatic carbocycles. The zero-order valence-corrected chi connectivity index (χ0v) is 15.7. The third-order valence-corrected chi connectivity index (χ3v) is 4.19. The summed E-state index contributed by atoms with van der Waals surface area (Å²) in [6.45, 7) is 8.29. The first-order valence-electron chi connectivity index (χ1n) is 7.75. The second-order valence-corrected chi connectivity index (χ2v) is 6.78. The van der Waals surface area contributed by atoms with Crippen LogP contribution in [0.25, 0.3) is 0 Å². The van der Waals surface area contributed by atoms with Crippen molar-refractivity contribution in [3.05, 3.63) is 28.2 Å². The fraction of sp³-hybridized carbons (Fsp3) is 0.529. The monoisotopic (exact) mass is 384 g/mol. The lowest BCUT2D eigenvalue weighted by atomic mass is 10.1. The summed E-state index contributed by atoms with van der Waals surface area (Å²) in [6.07, 6.45) is 0.345. The predicted octanol–water partition coefficient (Wildman–Crippen LogP) is 3.26. The van der Waals surface area contributed by atoms with Crippen molar-refractivity contribution in [2.45, 2.75) is 40.2 Å². The zero-order chi connectivity index (χ0) is 17.4. The number of aryl methyl sites for hydroxylation is 1. The highest BCUT2D eigenvalue weighted by Gasteiger charge is 2.14. The van der Waals surface area contributed by atoms with Crippen LogP contribution in [0.5, 0.6) is 0 Å². The number of carbonyl (C=O) groups excluding carboxylic acids is 2. The van der Waals surface area contributed by atoms with E-state index in [0.29, 0.717) is 18.2 Å². The smallest absolute Gasteiger partial charge is 0.249 e. The van der Waals surface area contributed by atoms with E-state index in [9.17, 15) is 9.59 Å². The van der Waals surface area contributed by atoms with Crippen molar-refractivity contribution in [1.29, 1.82) is 0 Å². The van der Waals surface area contributed by atoms with Gasteiger partial charge >= 0.3 is 0 Å². The van der Waals surface area contributed by atoms with E-state index in [1.807, 2.05) is 19.1 Å². The molecule has 1 aromatic rings. The van der Waals surface area contributed by atoms with Gasteiger partial charge in [-0.15, -0.1) is 0 Å². The molecule has 5 nitrogen and oxygen atoms in total. The summed E-state index contributed by atoms with van der Waals surface area (Å²) in [5.74, 6) is -0.0178. The van der Waals surface area contributed by atoms with Crippen molar-refractivity contribution in [1.82, 2.24) is 5.32 Å². The van der Waals surface area contributed by atoms with Crippen LogP contribution in [-0.2, 0) is 14.3 Å². The summed E-state index contributed by atoms with van der Waals surface area (Å²) in [5.41, 5.74) is 1.73. The number of rotatable bonds is 8. The third kappa shape index (κ3) is 7.61. The van der Waals surface area contributed by atoms with Crippen LogP contribution < -0.4 is 10.6 Å². The molecular formula is C17H25BrN2O3. The number of ether oxygens (including phenoxy) is 1. The number of hydrogen-bond donors (Lipinski definition) is 2. The molecule has 128 valence electrons. The van der Waals surface area contributed by atoms with Crippen molar-refractivity contribution in [2.24, 2.45) is 5.92 Å². The van der Waals surface area contributed by atoms with Crippen molar-refractivity contribution in [3.63, 3.8) is 0 Å². The Hall–Kier alpha value is -1.40. The first-order valence-corrected chi connectivity index (χ1v) is 8.54. The molecular weight excluding hydrogens is 360 g/mol. The fourth-order valence-corrected chi connectivity index (χ4v) is 2.04. The maximum Gasteiger partial charge on any atom is 0.249 e. The fourth-order valence-electron chi connectivity index (χ4n) is 1.79. The Morgan fingerprint density at radius 1 is 1.26 bits per heavy atom. The van der Waals surface area contributed by atoms with Crippen molar-refractivity contribution < 1.29 is 14.3 Å². The van der Waals surface area contributed by atoms with Gasteiger partial charge in [0.1, 0.15) is 6.10 Å². The number of hydrogen-bond acceptors (Lipinski definition) is 3. The van der Waals surface area contributed by atoms with Crippen LogP contribution in [0, 0.1) is 12.8 Å². The number of anilines is 1. The molecule has 6 heteroatoms. The molecule has 0 heterocycles. The van der Waals surface area contributed by atoms with E-state index >= 15 is 0 Å². The number of halogens is 1. The maximum atomic E-state index is 11.9. The van der Waals surface area contributed by atoms with E-state index in [2.05, 4.69) is 40.4 Å². The van der Waals surface area contributed by atoms with Gasteiger partial charge in [-0.25, -0.2) is 0 Å². The van der Waals surface area contributed by atoms with Gasteiger partial charge in [0.2, 0.25) is 11.8 Å². The minimum atomic E-state index is -0.559. The van der Waals surface area contributed by atoms with Gasteiger partial charge in [0, 0.05) is 16.8 Å². The topological polar surface area (TPSA) is 67.4 Å². The Morgan fingerprint density at radius 3 is 2.57 bits per heavy atom. The lowest BCUT2D eigenvalue weighted by Gasteiger charge is -2.14. The van der Waals surface area contributed by atoms with E-state index in [1.165, 1.54) is 0 Å². The molecule has 0 aliphatic rings. The second kappa shape index (κ2) is 9.67. The Labute approximate surface area is 146 Å². The van der Waals surface area contributed by atoms with Crippen LogP contribution in [0.1, 0.15) is 32.8 Å². The van der Waals surface area contributed by atoms with E-state index in [1.54, 1.807) is 13.0 Å². The van der Waals surface area contributed by atoms with Crippen molar-refractivity contribution >= 4 is 33.4 Å². The average Bonchev–Trinajstić information content (AvgIpc) is 2.48. The Balaban J connectivity index is 2.34. The summed E-state index contributed by atoms with van der Waals surface area (Å²) in [6, 6.07) is 5.53. The summed E-state index contributed by atoms with van der Waals surface area (Å²) in [4.78, 5) is 23.7. The first kappa shape index (κ1) is 19.6. The van der Waals surface area contributed by atoms with E-state index < -0.39 is 6.10 Å². The Morgan fingerprint density at radius 2 is 1.96 bits per heavy atom. The van der Waals surface area contributed by atoms with Crippen molar-refractivity contribution in [3.8, 4) is 0 Å². The minimum absolute atomic E-state index is 0.0776. The highest BCUT2D eigenvalue weighted by atomic mass is 79.9. The van der Waals surface area contributed by atoms with Gasteiger partial charge in [-0.1, -0.05) is 29.8 Å². The Kier molecular flexibility index (Phi) is 8.26. The molecule has 0 aromatic heterocycles. The molecule has 0 bridgehead atoms. The molecule has 1 atom stereocenters. The average molecular weight is 385 g/mol. The third-order valence-electron chi connectivity index (χ3n) is 3.30. The molecule has 0 saturated heterocycles. The molecule has 0 aliphatic carbocycles. The van der Waals surface area contributed by atoms with Gasteiger partial charge < -0.3 is 15.4 Å². The van der Waals surface area contributed by atoms with Gasteiger partial charge in [-0.2, -0.15) is 0 Å². The van der Waals surface area contributed by atoms with Crippen LogP contribution in [0.4, 0.5) is 5.69 Å². The molecule has 1 unspecified atom stereocenters. The van der Waals surface area contributed by atoms with Crippen LogP contribution in [-0.4, -0.2) is 31.1 Å². The van der Waals surface area contributed by atoms with Crippen molar-refractivity contribution in [2.75, 3.05) is 18.5 Å². The van der Waals surface area contributed by atoms with Gasteiger partial charge in [-0.3, -0.25) is 9.59 Å². The summed E-state index contributed by atoms with van der Waals surface area (Å²) in [5, 5.41) is 5.33. The van der Waals surface area contributed by atoms with E-state index in [4.69, 9.17) is 4.74 Å². The highest BCUT2D eigenvalue weighted by Crippen LogP contribution is 2.19. The van der Waals surface area contributed by atoms with Crippen LogP contribution in [0.3, 0.4) is 0 Å². The first-order chi connectivity index (χ1) is 10.8. The van der Waals surface area contributed by atoms with Gasteiger partial charge in [0.05, 0.1) is 6.54 Å². The van der Waals surface area contributed by atoms with Gasteiger partial charge in [0.15, 0.2) is 0 Å². The van der Waals surface area contributed by atoms with Gasteiger partial charge in [0.25, 0.3) is 0 Å². The van der Waals surface area contributed by atoms with E-state index in [-0.39, 0.29) is 18.4 Å². The quantitative estimate of drug-likeness (QED) is 0.722. The minimum Gasteiger partial charge on any atom is -0.369 e. The Bertz CT molecular complexity index is 547. The van der Waals surface area contributed by atoms with Crippen LogP contribution in [0.2, 0.25) is 0 Å². The molecule has 2 amide bonds. The normalized spacial score (nSPS) is 12.1. The lowest BCUT2D eigenvalue weighted by molar-refractivity contribution is -0.133. The molecule has 2 N–H and O–H groups in total. The summed E-state index contributed by atoms with van der Waals surface area (Å²) in [7, 11) is 0.